The molecule has 0 bridgehead atoms. The molecule has 1 aliphatic rings. The van der Waals surface area contributed by atoms with Crippen molar-refractivity contribution in [3.8, 4) is 5.75 Å². The Hall–Kier alpha value is -2.40. The van der Waals surface area contributed by atoms with Crippen LogP contribution in [-0.4, -0.2) is 35.5 Å². The van der Waals surface area contributed by atoms with Gasteiger partial charge in [0.15, 0.2) is 0 Å². The summed E-state index contributed by atoms with van der Waals surface area (Å²) in [5.74, 6) is 1.08. The molecule has 132 valence electrons. The van der Waals surface area contributed by atoms with Crippen molar-refractivity contribution in [2.24, 2.45) is 0 Å². The third kappa shape index (κ3) is 4.79. The average molecular weight is 339 g/mol. The van der Waals surface area contributed by atoms with E-state index in [0.29, 0.717) is 19.0 Å². The van der Waals surface area contributed by atoms with E-state index < -0.39 is 0 Å². The van der Waals surface area contributed by atoms with Gasteiger partial charge in [0, 0.05) is 31.7 Å². The summed E-state index contributed by atoms with van der Waals surface area (Å²) in [6.45, 7) is 2.29. The van der Waals surface area contributed by atoms with E-state index in [1.54, 1.807) is 7.11 Å². The summed E-state index contributed by atoms with van der Waals surface area (Å²) in [7, 11) is 1.66. The van der Waals surface area contributed by atoms with Crippen LogP contribution in [0.5, 0.6) is 5.75 Å². The number of hydrogen-bond acceptors (Lipinski definition) is 4. The van der Waals surface area contributed by atoms with E-state index in [2.05, 4.69) is 10.3 Å². The number of carbonyl (C=O) groups excluding carboxylic acids is 1. The first kappa shape index (κ1) is 17.4. The van der Waals surface area contributed by atoms with Crippen molar-refractivity contribution in [1.82, 2.24) is 15.2 Å². The van der Waals surface area contributed by atoms with Gasteiger partial charge in [-0.2, -0.15) is 0 Å². The number of benzene rings is 1. The van der Waals surface area contributed by atoms with Gasteiger partial charge in [0.05, 0.1) is 12.8 Å². The smallest absolute Gasteiger partial charge is 0.223 e. The predicted molar refractivity (Wildman–Crippen MR) is 97.1 cm³/mol. The summed E-state index contributed by atoms with van der Waals surface area (Å²) in [6.07, 6.45) is 4.36. The Morgan fingerprint density at radius 3 is 3.00 bits per heavy atom. The fourth-order valence-corrected chi connectivity index (χ4v) is 3.27. The Balaban J connectivity index is 1.51. The Morgan fingerprint density at radius 1 is 1.28 bits per heavy atom. The topological polar surface area (TPSA) is 54.5 Å². The van der Waals surface area contributed by atoms with Crippen LogP contribution < -0.4 is 10.1 Å². The number of likely N-dealkylation sites (tertiary alicyclic amines) is 1. The van der Waals surface area contributed by atoms with Crippen molar-refractivity contribution in [3.05, 3.63) is 59.9 Å². The van der Waals surface area contributed by atoms with E-state index in [9.17, 15) is 4.79 Å². The molecule has 0 saturated carbocycles. The van der Waals surface area contributed by atoms with Crippen LogP contribution in [0.2, 0.25) is 0 Å². The number of nitrogens with zero attached hydrogens (tertiary/aromatic N) is 2. The fourth-order valence-electron chi connectivity index (χ4n) is 3.27. The highest BCUT2D eigenvalue weighted by Gasteiger charge is 2.30. The average Bonchev–Trinajstić information content (AvgIpc) is 3.00. The third-order valence-corrected chi connectivity index (χ3v) is 4.63. The highest BCUT2D eigenvalue weighted by molar-refractivity contribution is 5.78. The number of hydrogen-bond donors (Lipinski definition) is 1. The third-order valence-electron chi connectivity index (χ3n) is 4.63. The van der Waals surface area contributed by atoms with Gasteiger partial charge in [-0.3, -0.25) is 9.78 Å². The van der Waals surface area contributed by atoms with Crippen LogP contribution >= 0.6 is 0 Å². The molecule has 0 spiro atoms. The van der Waals surface area contributed by atoms with Gasteiger partial charge in [0.1, 0.15) is 5.75 Å². The van der Waals surface area contributed by atoms with Crippen molar-refractivity contribution in [2.75, 3.05) is 13.7 Å². The van der Waals surface area contributed by atoms with Crippen LogP contribution in [0.1, 0.15) is 30.5 Å². The number of ether oxygens (including phenoxy) is 1. The monoisotopic (exact) mass is 339 g/mol. The number of amides is 1. The SMILES string of the molecule is COc1cccc(CN2C(=O)CC[C@@H]2CCNCc2ccccn2)c1. The second-order valence-electron chi connectivity index (χ2n) is 6.35. The molecule has 1 N–H and O–H groups in total. The second kappa shape index (κ2) is 8.62. The quantitative estimate of drug-likeness (QED) is 0.752. The van der Waals surface area contributed by atoms with Gasteiger partial charge in [-0.1, -0.05) is 18.2 Å². The molecule has 1 aliphatic heterocycles. The predicted octanol–water partition coefficient (Wildman–Crippen LogP) is 2.76. The summed E-state index contributed by atoms with van der Waals surface area (Å²) in [5, 5.41) is 3.43. The van der Waals surface area contributed by atoms with E-state index in [1.165, 1.54) is 0 Å². The number of pyridine rings is 1. The van der Waals surface area contributed by atoms with E-state index in [0.717, 1.165) is 42.9 Å². The van der Waals surface area contributed by atoms with Crippen LogP contribution in [0.3, 0.4) is 0 Å². The molecule has 1 atom stereocenters. The van der Waals surface area contributed by atoms with Gasteiger partial charge < -0.3 is 15.0 Å². The number of methoxy groups -OCH3 is 1. The number of nitrogens with one attached hydrogen (secondary N) is 1. The molecule has 0 unspecified atom stereocenters. The zero-order chi connectivity index (χ0) is 17.5. The molecule has 1 fully saturated rings. The van der Waals surface area contributed by atoms with E-state index >= 15 is 0 Å². The van der Waals surface area contributed by atoms with Gasteiger partial charge in [-0.25, -0.2) is 0 Å². The molecule has 0 aliphatic carbocycles. The van der Waals surface area contributed by atoms with Gasteiger partial charge >= 0.3 is 0 Å². The molecular formula is C20H25N3O2. The van der Waals surface area contributed by atoms with Crippen molar-refractivity contribution in [1.29, 1.82) is 0 Å². The van der Waals surface area contributed by atoms with E-state index in [4.69, 9.17) is 4.74 Å². The van der Waals surface area contributed by atoms with Crippen molar-refractivity contribution in [2.45, 2.75) is 38.4 Å². The van der Waals surface area contributed by atoms with Crippen LogP contribution in [-0.2, 0) is 17.9 Å². The van der Waals surface area contributed by atoms with Crippen LogP contribution in [0.25, 0.3) is 0 Å². The van der Waals surface area contributed by atoms with Crippen molar-refractivity contribution in [3.63, 3.8) is 0 Å². The van der Waals surface area contributed by atoms with Gasteiger partial charge in [0.2, 0.25) is 5.91 Å². The zero-order valence-corrected chi connectivity index (χ0v) is 14.6. The highest BCUT2D eigenvalue weighted by atomic mass is 16.5. The number of carbonyl (C=O) groups is 1. The first-order chi connectivity index (χ1) is 12.3. The molecule has 1 amide bonds. The lowest BCUT2D eigenvalue weighted by atomic mass is 10.1. The van der Waals surface area contributed by atoms with Crippen molar-refractivity contribution < 1.29 is 9.53 Å². The minimum Gasteiger partial charge on any atom is -0.497 e. The van der Waals surface area contributed by atoms with Gasteiger partial charge in [-0.05, 0) is 49.2 Å². The first-order valence-electron chi connectivity index (χ1n) is 8.79. The minimum atomic E-state index is 0.248. The summed E-state index contributed by atoms with van der Waals surface area (Å²) in [6, 6.07) is 14.2. The minimum absolute atomic E-state index is 0.248. The molecule has 5 heteroatoms. The molecule has 2 aromatic rings. The Kier molecular flexibility index (Phi) is 6.01. The maximum absolute atomic E-state index is 12.3. The van der Waals surface area contributed by atoms with Crippen molar-refractivity contribution >= 4 is 5.91 Å². The summed E-state index contributed by atoms with van der Waals surface area (Å²) < 4.78 is 5.28. The lowest BCUT2D eigenvalue weighted by molar-refractivity contribution is -0.129. The lowest BCUT2D eigenvalue weighted by Gasteiger charge is -2.25. The fraction of sp³-hybridized carbons (Fsp3) is 0.400. The van der Waals surface area contributed by atoms with Crippen LogP contribution in [0.4, 0.5) is 0 Å². The number of aromatic nitrogens is 1. The van der Waals surface area contributed by atoms with E-state index in [-0.39, 0.29) is 5.91 Å². The Labute approximate surface area is 149 Å². The lowest BCUT2D eigenvalue weighted by Crippen LogP contribution is -2.34. The van der Waals surface area contributed by atoms with Crippen LogP contribution in [0, 0.1) is 0 Å². The summed E-state index contributed by atoms with van der Waals surface area (Å²) >= 11 is 0. The molecule has 0 radical (unpaired) electrons. The molecule has 5 nitrogen and oxygen atoms in total. The maximum atomic E-state index is 12.3. The zero-order valence-electron chi connectivity index (χ0n) is 14.6. The second-order valence-corrected chi connectivity index (χ2v) is 6.35. The summed E-state index contributed by atoms with van der Waals surface area (Å²) in [4.78, 5) is 18.6. The van der Waals surface area contributed by atoms with E-state index in [1.807, 2.05) is 53.6 Å². The molecule has 1 saturated heterocycles. The highest BCUT2D eigenvalue weighted by Crippen LogP contribution is 2.24. The molecular weight excluding hydrogens is 314 g/mol. The molecule has 3 rings (SSSR count). The normalized spacial score (nSPS) is 17.1. The Morgan fingerprint density at radius 2 is 2.20 bits per heavy atom. The Bertz CT molecular complexity index is 690. The van der Waals surface area contributed by atoms with Gasteiger partial charge in [0.25, 0.3) is 0 Å². The molecule has 25 heavy (non-hydrogen) atoms. The van der Waals surface area contributed by atoms with Crippen LogP contribution in [0.15, 0.2) is 48.7 Å². The largest absolute Gasteiger partial charge is 0.497 e. The number of rotatable bonds is 8. The standard InChI is InChI=1S/C20H25N3O2/c1-25-19-7-4-5-16(13-19)15-23-18(8-9-20(23)24)10-12-21-14-17-6-2-3-11-22-17/h2-7,11,13,18,21H,8-10,12,14-15H2,1H3/t18-/m1/s1. The molecule has 1 aromatic heterocycles. The first-order valence-corrected chi connectivity index (χ1v) is 8.79. The molecule has 2 heterocycles. The summed E-state index contributed by atoms with van der Waals surface area (Å²) in [5.41, 5.74) is 2.15. The van der Waals surface area contributed by atoms with Gasteiger partial charge in [-0.15, -0.1) is 0 Å². The maximum Gasteiger partial charge on any atom is 0.223 e. The molecule has 1 aromatic carbocycles.